The number of allylic oxidation sites excluding steroid dienone is 1. The van der Waals surface area contributed by atoms with Crippen LogP contribution >= 0.6 is 0 Å². The van der Waals surface area contributed by atoms with Crippen molar-refractivity contribution in [2.24, 2.45) is 5.92 Å². The molecule has 2 N–H and O–H groups in total. The molecule has 1 unspecified atom stereocenters. The predicted octanol–water partition coefficient (Wildman–Crippen LogP) is 2.84. The summed E-state index contributed by atoms with van der Waals surface area (Å²) in [4.78, 5) is 21.3. The summed E-state index contributed by atoms with van der Waals surface area (Å²) in [7, 11) is 0. The Balaban J connectivity index is 1.91. The monoisotopic (exact) mass is 338 g/mol. The van der Waals surface area contributed by atoms with Gasteiger partial charge in [-0.3, -0.25) is 9.69 Å². The number of para-hydroxylation sites is 1. The zero-order valence-electron chi connectivity index (χ0n) is 14.3. The number of aromatic nitrogens is 2. The predicted molar refractivity (Wildman–Crippen MR) is 97.0 cm³/mol. The Hall–Kier alpha value is -2.65. The zero-order valence-corrected chi connectivity index (χ0v) is 14.3. The molecule has 0 saturated carbocycles. The van der Waals surface area contributed by atoms with Crippen molar-refractivity contribution in [3.05, 3.63) is 46.2 Å². The normalized spacial score (nSPS) is 19.9. The van der Waals surface area contributed by atoms with E-state index >= 15 is 0 Å². The molecular weight excluding hydrogens is 316 g/mol. The molecule has 25 heavy (non-hydrogen) atoms. The molecule has 1 atom stereocenters. The fourth-order valence-corrected chi connectivity index (χ4v) is 3.23. The number of hydrogen-bond acceptors (Lipinski definition) is 5. The third-order valence-corrected chi connectivity index (χ3v) is 4.73. The van der Waals surface area contributed by atoms with E-state index in [0.717, 1.165) is 25.9 Å². The number of nitriles is 1. The maximum absolute atomic E-state index is 12.2. The van der Waals surface area contributed by atoms with Gasteiger partial charge in [-0.05, 0) is 50.4 Å². The van der Waals surface area contributed by atoms with Crippen molar-refractivity contribution in [3.63, 3.8) is 0 Å². The first-order chi connectivity index (χ1) is 12.1. The molecule has 6 nitrogen and oxygen atoms in total. The highest BCUT2D eigenvalue weighted by Gasteiger charge is 2.18. The first kappa shape index (κ1) is 17.2. The van der Waals surface area contributed by atoms with Gasteiger partial charge in [-0.1, -0.05) is 19.1 Å². The van der Waals surface area contributed by atoms with Crippen LogP contribution in [-0.4, -0.2) is 39.6 Å². The van der Waals surface area contributed by atoms with E-state index in [1.807, 2.05) is 6.07 Å². The van der Waals surface area contributed by atoms with Crippen LogP contribution in [0.15, 0.2) is 34.8 Å². The first-order valence-corrected chi connectivity index (χ1v) is 8.62. The summed E-state index contributed by atoms with van der Waals surface area (Å²) in [6.07, 6.45) is 3.35. The maximum Gasteiger partial charge on any atom is 0.259 e. The van der Waals surface area contributed by atoms with E-state index in [0.29, 0.717) is 23.4 Å². The number of nitrogens with one attached hydrogen (secondary N) is 1. The van der Waals surface area contributed by atoms with Crippen molar-refractivity contribution in [2.75, 3.05) is 19.6 Å². The fourth-order valence-electron chi connectivity index (χ4n) is 3.23. The SMILES string of the molecule is CC1CCCN(C/C(O)=C(\C#N)c2nc3ccccc3c(=O)[nH]2)CC1. The summed E-state index contributed by atoms with van der Waals surface area (Å²) < 4.78 is 0. The number of likely N-dealkylation sites (tertiary alicyclic amines) is 1. The molecule has 0 amide bonds. The third-order valence-electron chi connectivity index (χ3n) is 4.73. The van der Waals surface area contributed by atoms with Gasteiger partial charge >= 0.3 is 0 Å². The molecule has 130 valence electrons. The quantitative estimate of drug-likeness (QED) is 0.663. The topological polar surface area (TPSA) is 93.0 Å². The van der Waals surface area contributed by atoms with Gasteiger partial charge in [0, 0.05) is 0 Å². The molecule has 1 aliphatic heterocycles. The second-order valence-electron chi connectivity index (χ2n) is 6.68. The maximum atomic E-state index is 12.2. The van der Waals surface area contributed by atoms with Crippen LogP contribution < -0.4 is 5.56 Å². The molecule has 0 bridgehead atoms. The average molecular weight is 338 g/mol. The minimum absolute atomic E-state index is 0.0279. The largest absolute Gasteiger partial charge is 0.509 e. The second kappa shape index (κ2) is 7.49. The van der Waals surface area contributed by atoms with Crippen molar-refractivity contribution < 1.29 is 5.11 Å². The summed E-state index contributed by atoms with van der Waals surface area (Å²) in [6, 6.07) is 8.94. The number of rotatable bonds is 3. The number of nitrogens with zero attached hydrogens (tertiary/aromatic N) is 3. The van der Waals surface area contributed by atoms with Crippen LogP contribution in [0.5, 0.6) is 0 Å². The standard InChI is InChI=1S/C19H22N4O2/c1-13-5-4-9-23(10-8-13)12-17(24)15(11-20)18-21-16-7-3-2-6-14(16)19(25)22-18/h2-3,6-7,13,24H,4-5,8-10,12H2,1H3,(H,21,22,25)/b17-15-. The first-order valence-electron chi connectivity index (χ1n) is 8.62. The Bertz CT molecular complexity index is 894. The van der Waals surface area contributed by atoms with E-state index in [1.165, 1.54) is 6.42 Å². The number of fused-ring (bicyclic) bond motifs is 1. The minimum Gasteiger partial charge on any atom is -0.509 e. The minimum atomic E-state index is -0.315. The second-order valence-corrected chi connectivity index (χ2v) is 6.68. The number of aliphatic hydroxyl groups is 1. The van der Waals surface area contributed by atoms with Gasteiger partial charge in [-0.25, -0.2) is 4.98 Å². The van der Waals surface area contributed by atoms with Gasteiger partial charge < -0.3 is 10.1 Å². The van der Waals surface area contributed by atoms with Crippen LogP contribution in [-0.2, 0) is 0 Å². The molecule has 0 radical (unpaired) electrons. The Labute approximate surface area is 146 Å². The molecule has 1 aromatic carbocycles. The van der Waals surface area contributed by atoms with Gasteiger partial charge in [0.2, 0.25) is 0 Å². The van der Waals surface area contributed by atoms with Crippen LogP contribution in [0.2, 0.25) is 0 Å². The van der Waals surface area contributed by atoms with E-state index < -0.39 is 0 Å². The van der Waals surface area contributed by atoms with Crippen LogP contribution in [0, 0.1) is 17.2 Å². The van der Waals surface area contributed by atoms with Crippen LogP contribution in [0.4, 0.5) is 0 Å². The summed E-state index contributed by atoms with van der Waals surface area (Å²) in [5, 5.41) is 20.4. The molecule has 0 spiro atoms. The Morgan fingerprint density at radius 2 is 2.20 bits per heavy atom. The molecule has 1 fully saturated rings. The lowest BCUT2D eigenvalue weighted by Crippen LogP contribution is -2.27. The van der Waals surface area contributed by atoms with Crippen molar-refractivity contribution in [3.8, 4) is 6.07 Å². The summed E-state index contributed by atoms with van der Waals surface area (Å²) in [5.41, 5.74) is 0.218. The van der Waals surface area contributed by atoms with E-state index in [1.54, 1.807) is 24.3 Å². The molecular formula is C19H22N4O2. The van der Waals surface area contributed by atoms with Crippen LogP contribution in [0.3, 0.4) is 0 Å². The summed E-state index contributed by atoms with van der Waals surface area (Å²) in [6.45, 7) is 4.33. The Morgan fingerprint density at radius 1 is 1.40 bits per heavy atom. The lowest BCUT2D eigenvalue weighted by molar-refractivity contribution is 0.256. The highest BCUT2D eigenvalue weighted by Crippen LogP contribution is 2.19. The molecule has 2 heterocycles. The lowest BCUT2D eigenvalue weighted by Gasteiger charge is -2.19. The Morgan fingerprint density at radius 3 is 3.00 bits per heavy atom. The number of H-pyrrole nitrogens is 1. The van der Waals surface area contributed by atoms with Crippen LogP contribution in [0.1, 0.15) is 32.0 Å². The number of aliphatic hydroxyl groups excluding tert-OH is 1. The van der Waals surface area contributed by atoms with Gasteiger partial charge in [-0.15, -0.1) is 0 Å². The fraction of sp³-hybridized carbons (Fsp3) is 0.421. The van der Waals surface area contributed by atoms with Crippen molar-refractivity contribution in [2.45, 2.75) is 26.2 Å². The van der Waals surface area contributed by atoms with Gasteiger partial charge in [0.1, 0.15) is 17.4 Å². The third kappa shape index (κ3) is 3.89. The van der Waals surface area contributed by atoms with E-state index in [9.17, 15) is 15.2 Å². The number of benzene rings is 1. The zero-order chi connectivity index (χ0) is 17.8. The molecule has 3 rings (SSSR count). The van der Waals surface area contributed by atoms with E-state index in [-0.39, 0.29) is 22.7 Å². The van der Waals surface area contributed by atoms with Crippen molar-refractivity contribution >= 4 is 16.5 Å². The lowest BCUT2D eigenvalue weighted by atomic mass is 10.0. The highest BCUT2D eigenvalue weighted by molar-refractivity contribution is 5.81. The van der Waals surface area contributed by atoms with E-state index in [4.69, 9.17) is 0 Å². The molecule has 1 aromatic heterocycles. The summed E-state index contributed by atoms with van der Waals surface area (Å²) in [5.74, 6) is 0.757. The molecule has 0 aliphatic carbocycles. The van der Waals surface area contributed by atoms with Gasteiger partial charge in [0.25, 0.3) is 5.56 Å². The highest BCUT2D eigenvalue weighted by atomic mass is 16.3. The summed E-state index contributed by atoms with van der Waals surface area (Å²) >= 11 is 0. The van der Waals surface area contributed by atoms with E-state index in [2.05, 4.69) is 21.8 Å². The number of hydrogen-bond donors (Lipinski definition) is 2. The number of aromatic amines is 1. The molecule has 2 aromatic rings. The molecule has 6 heteroatoms. The van der Waals surface area contributed by atoms with Gasteiger partial charge in [0.05, 0.1) is 17.4 Å². The smallest absolute Gasteiger partial charge is 0.259 e. The van der Waals surface area contributed by atoms with Crippen molar-refractivity contribution in [1.29, 1.82) is 5.26 Å². The Kier molecular flexibility index (Phi) is 5.15. The molecule has 1 aliphatic rings. The average Bonchev–Trinajstić information content (AvgIpc) is 2.80. The van der Waals surface area contributed by atoms with Gasteiger partial charge in [-0.2, -0.15) is 5.26 Å². The van der Waals surface area contributed by atoms with Crippen molar-refractivity contribution in [1.82, 2.24) is 14.9 Å². The van der Waals surface area contributed by atoms with Gasteiger partial charge in [0.15, 0.2) is 5.82 Å². The molecule has 1 saturated heterocycles. The van der Waals surface area contributed by atoms with Crippen LogP contribution in [0.25, 0.3) is 16.5 Å².